The lowest BCUT2D eigenvalue weighted by molar-refractivity contribution is 0.249. The monoisotopic (exact) mass is 258 g/mol. The van der Waals surface area contributed by atoms with E-state index in [1.807, 2.05) is 0 Å². The molecule has 1 aliphatic rings. The van der Waals surface area contributed by atoms with Crippen molar-refractivity contribution >= 4 is 23.0 Å². The minimum atomic E-state index is -0.485. The average Bonchev–Trinajstić information content (AvgIpc) is 2.35. The third kappa shape index (κ3) is 4.46. The average molecular weight is 258 g/mol. The highest BCUT2D eigenvalue weighted by Crippen LogP contribution is 2.34. The van der Waals surface area contributed by atoms with Crippen molar-refractivity contribution in [1.82, 2.24) is 10.6 Å². The van der Waals surface area contributed by atoms with E-state index < -0.39 is 6.03 Å². The van der Waals surface area contributed by atoms with Crippen molar-refractivity contribution in [3.63, 3.8) is 0 Å². The summed E-state index contributed by atoms with van der Waals surface area (Å²) in [6.45, 7) is 6.56. The molecule has 4 N–H and O–H groups in total. The number of hydrogen-bond acceptors (Lipinski definition) is 4. The second kappa shape index (κ2) is 6.74. The molecule has 0 aromatic rings. The molecule has 1 heterocycles. The second-order valence-corrected chi connectivity index (χ2v) is 5.30. The maximum atomic E-state index is 10.5. The van der Waals surface area contributed by atoms with Crippen molar-refractivity contribution < 1.29 is 4.79 Å². The maximum Gasteiger partial charge on any atom is 0.312 e. The Morgan fingerprint density at radius 3 is 2.65 bits per heavy atom. The first-order valence-electron chi connectivity index (χ1n) is 6.06. The summed E-state index contributed by atoms with van der Waals surface area (Å²) < 4.78 is 0. The number of carbonyl (C=O) groups is 1. The van der Waals surface area contributed by atoms with Crippen LogP contribution in [0.3, 0.4) is 0 Å². The van der Waals surface area contributed by atoms with E-state index >= 15 is 0 Å². The first-order valence-corrected chi connectivity index (χ1v) is 7.05. The van der Waals surface area contributed by atoms with Crippen LogP contribution in [0.15, 0.2) is 4.99 Å². The molecular weight excluding hydrogens is 236 g/mol. The van der Waals surface area contributed by atoms with Gasteiger partial charge in [0, 0.05) is 25.4 Å². The summed E-state index contributed by atoms with van der Waals surface area (Å²) in [4.78, 5) is 15.0. The summed E-state index contributed by atoms with van der Waals surface area (Å²) in [5.74, 6) is 1.12. The number of primary amides is 1. The highest BCUT2D eigenvalue weighted by molar-refractivity contribution is 8.13. The molecule has 0 radical (unpaired) electrons. The van der Waals surface area contributed by atoms with E-state index in [9.17, 15) is 4.79 Å². The van der Waals surface area contributed by atoms with Crippen LogP contribution in [0.5, 0.6) is 0 Å². The van der Waals surface area contributed by atoms with Crippen LogP contribution < -0.4 is 16.4 Å². The Labute approximate surface area is 107 Å². The van der Waals surface area contributed by atoms with Gasteiger partial charge in [0.25, 0.3) is 0 Å². The summed E-state index contributed by atoms with van der Waals surface area (Å²) in [5.41, 5.74) is 5.35. The number of rotatable bonds is 5. The van der Waals surface area contributed by atoms with Crippen LogP contribution in [0.2, 0.25) is 0 Å². The quantitative estimate of drug-likeness (QED) is 0.647. The van der Waals surface area contributed by atoms with Crippen LogP contribution in [0, 0.1) is 5.41 Å². The number of thioether (sulfide) groups is 1. The minimum Gasteiger partial charge on any atom is -0.363 e. The van der Waals surface area contributed by atoms with Crippen LogP contribution in [0.25, 0.3) is 0 Å². The van der Waals surface area contributed by atoms with Crippen molar-refractivity contribution in [3.05, 3.63) is 0 Å². The maximum absolute atomic E-state index is 10.5. The standard InChI is InChI=1S/C11H22N4OS/c1-3-11(4-2)7-15-10(17-8-11)14-6-5-13-9(12)16/h3-8H2,1-2H3,(H,14,15)(H3,12,13,16). The first-order chi connectivity index (χ1) is 8.12. The predicted molar refractivity (Wildman–Crippen MR) is 73.4 cm³/mol. The zero-order chi connectivity index (χ0) is 12.7. The Morgan fingerprint density at radius 1 is 1.47 bits per heavy atom. The number of hydrogen-bond donors (Lipinski definition) is 3. The summed E-state index contributed by atoms with van der Waals surface area (Å²) in [6.07, 6.45) is 2.35. The second-order valence-electron chi connectivity index (χ2n) is 4.33. The van der Waals surface area contributed by atoms with Crippen molar-refractivity contribution in [3.8, 4) is 0 Å². The van der Waals surface area contributed by atoms with E-state index in [0.717, 1.165) is 17.5 Å². The fourth-order valence-electron chi connectivity index (χ4n) is 1.69. The van der Waals surface area contributed by atoms with Gasteiger partial charge in [-0.15, -0.1) is 0 Å². The van der Waals surface area contributed by atoms with E-state index in [-0.39, 0.29) is 0 Å². The molecule has 0 fully saturated rings. The molecule has 1 rings (SSSR count). The molecule has 1 aliphatic heterocycles. The summed E-state index contributed by atoms with van der Waals surface area (Å²) in [6, 6.07) is -0.485. The number of carbonyl (C=O) groups excluding carboxylic acids is 1. The van der Waals surface area contributed by atoms with Gasteiger partial charge in [-0.3, -0.25) is 4.99 Å². The topological polar surface area (TPSA) is 79.5 Å². The van der Waals surface area contributed by atoms with Gasteiger partial charge in [0.1, 0.15) is 0 Å². The third-order valence-corrected chi connectivity index (χ3v) is 4.58. The molecule has 2 amide bonds. The Morgan fingerprint density at radius 2 is 2.18 bits per heavy atom. The lowest BCUT2D eigenvalue weighted by Gasteiger charge is -2.33. The summed E-state index contributed by atoms with van der Waals surface area (Å²) in [5, 5.41) is 6.72. The van der Waals surface area contributed by atoms with Gasteiger partial charge in [0.15, 0.2) is 5.17 Å². The number of nitrogens with one attached hydrogen (secondary N) is 2. The zero-order valence-corrected chi connectivity index (χ0v) is 11.4. The van der Waals surface area contributed by atoms with Gasteiger partial charge in [0.2, 0.25) is 0 Å². The number of amidine groups is 1. The number of amides is 2. The Hall–Kier alpha value is -0.910. The van der Waals surface area contributed by atoms with E-state index in [0.29, 0.717) is 18.5 Å². The molecule has 0 spiro atoms. The lowest BCUT2D eigenvalue weighted by atomic mass is 9.84. The molecule has 98 valence electrons. The molecule has 5 nitrogen and oxygen atoms in total. The number of nitrogens with two attached hydrogens (primary N) is 1. The zero-order valence-electron chi connectivity index (χ0n) is 10.6. The third-order valence-electron chi connectivity index (χ3n) is 3.27. The van der Waals surface area contributed by atoms with E-state index in [4.69, 9.17) is 5.73 Å². The Bertz CT molecular complexity index is 289. The molecule has 0 bridgehead atoms. The fourth-order valence-corrected chi connectivity index (χ4v) is 2.99. The molecule has 17 heavy (non-hydrogen) atoms. The Balaban J connectivity index is 2.29. The molecular formula is C11H22N4OS. The van der Waals surface area contributed by atoms with Gasteiger partial charge in [0.05, 0.1) is 0 Å². The van der Waals surface area contributed by atoms with E-state index in [2.05, 4.69) is 29.5 Å². The number of urea groups is 1. The van der Waals surface area contributed by atoms with E-state index in [1.165, 1.54) is 12.8 Å². The van der Waals surface area contributed by atoms with Crippen LogP contribution in [0.1, 0.15) is 26.7 Å². The van der Waals surface area contributed by atoms with Crippen LogP contribution in [0.4, 0.5) is 4.79 Å². The van der Waals surface area contributed by atoms with Crippen molar-refractivity contribution in [1.29, 1.82) is 0 Å². The van der Waals surface area contributed by atoms with E-state index in [1.54, 1.807) is 11.8 Å². The molecule has 0 unspecified atom stereocenters. The van der Waals surface area contributed by atoms with Crippen LogP contribution in [-0.2, 0) is 0 Å². The van der Waals surface area contributed by atoms with Crippen LogP contribution in [-0.4, -0.2) is 36.6 Å². The Kier molecular flexibility index (Phi) is 5.61. The normalized spacial score (nSPS) is 18.4. The van der Waals surface area contributed by atoms with Crippen molar-refractivity contribution in [2.75, 3.05) is 25.4 Å². The first kappa shape index (κ1) is 14.2. The highest BCUT2D eigenvalue weighted by Gasteiger charge is 2.29. The molecule has 0 aliphatic carbocycles. The lowest BCUT2D eigenvalue weighted by Crippen LogP contribution is -2.39. The van der Waals surface area contributed by atoms with Crippen molar-refractivity contribution in [2.45, 2.75) is 26.7 Å². The van der Waals surface area contributed by atoms with Gasteiger partial charge >= 0.3 is 6.03 Å². The summed E-state index contributed by atoms with van der Waals surface area (Å²) >= 11 is 1.77. The van der Waals surface area contributed by atoms with Gasteiger partial charge in [-0.05, 0) is 18.3 Å². The van der Waals surface area contributed by atoms with Crippen molar-refractivity contribution in [2.24, 2.45) is 16.1 Å². The van der Waals surface area contributed by atoms with Gasteiger partial charge in [-0.2, -0.15) is 0 Å². The molecule has 0 saturated heterocycles. The molecule has 0 aromatic heterocycles. The van der Waals surface area contributed by atoms with Gasteiger partial charge in [-0.25, -0.2) is 4.79 Å². The largest absolute Gasteiger partial charge is 0.363 e. The molecule has 6 heteroatoms. The smallest absolute Gasteiger partial charge is 0.312 e. The SMILES string of the molecule is CCC1(CC)CN=C(NCCNC(N)=O)SC1. The van der Waals surface area contributed by atoms with Crippen LogP contribution >= 0.6 is 11.8 Å². The minimum absolute atomic E-state index is 0.376. The number of nitrogens with zero attached hydrogens (tertiary/aromatic N) is 1. The number of aliphatic imine (C=N–C) groups is 1. The molecule has 0 atom stereocenters. The fraction of sp³-hybridized carbons (Fsp3) is 0.818. The predicted octanol–water partition coefficient (Wildman–Crippen LogP) is 1.15. The molecule has 0 aromatic carbocycles. The van der Waals surface area contributed by atoms with Gasteiger partial charge < -0.3 is 16.4 Å². The highest BCUT2D eigenvalue weighted by atomic mass is 32.2. The van der Waals surface area contributed by atoms with Gasteiger partial charge in [-0.1, -0.05) is 25.6 Å². The molecule has 0 saturated carbocycles. The summed E-state index contributed by atoms with van der Waals surface area (Å²) in [7, 11) is 0.